The lowest BCUT2D eigenvalue weighted by molar-refractivity contribution is -0.119. The molecule has 0 radical (unpaired) electrons. The van der Waals surface area contributed by atoms with E-state index < -0.39 is 0 Å². The zero-order valence-corrected chi connectivity index (χ0v) is 14.4. The van der Waals surface area contributed by atoms with Crippen molar-refractivity contribution in [3.8, 4) is 0 Å². The number of hydrogen-bond acceptors (Lipinski definition) is 6. The molecule has 0 spiro atoms. The van der Waals surface area contributed by atoms with E-state index in [0.717, 1.165) is 20.9 Å². The largest absolute Gasteiger partial charge is 0.352 e. The summed E-state index contributed by atoms with van der Waals surface area (Å²) in [5.41, 5.74) is 0. The zero-order chi connectivity index (χ0) is 14.4. The molecule has 0 bridgehead atoms. The molecule has 0 saturated heterocycles. The van der Waals surface area contributed by atoms with Crippen molar-refractivity contribution in [3.63, 3.8) is 0 Å². The highest BCUT2D eigenvalue weighted by atomic mass is 32.2. The van der Waals surface area contributed by atoms with Crippen molar-refractivity contribution >= 4 is 40.8 Å². The van der Waals surface area contributed by atoms with E-state index in [0.29, 0.717) is 17.7 Å². The fraction of sp³-hybridized carbons (Fsp3) is 0.769. The average Bonchev–Trinajstić information content (AvgIpc) is 2.87. The number of hydrogen-bond donors (Lipinski definition) is 1. The second-order valence-electron chi connectivity index (χ2n) is 4.99. The van der Waals surface area contributed by atoms with Crippen LogP contribution in [0.25, 0.3) is 0 Å². The SMILES string of the molecule is CCSc1nnc(SCC(=O)N[C@H]2CCCC[C@H]2C)s1. The molecule has 20 heavy (non-hydrogen) atoms. The van der Waals surface area contributed by atoms with Crippen LogP contribution < -0.4 is 5.32 Å². The van der Waals surface area contributed by atoms with Crippen molar-refractivity contribution in [2.75, 3.05) is 11.5 Å². The van der Waals surface area contributed by atoms with Gasteiger partial charge in [0.25, 0.3) is 0 Å². The van der Waals surface area contributed by atoms with Gasteiger partial charge in [0.15, 0.2) is 8.68 Å². The van der Waals surface area contributed by atoms with Crippen LogP contribution in [0.1, 0.15) is 39.5 Å². The van der Waals surface area contributed by atoms with Gasteiger partial charge in [-0.25, -0.2) is 0 Å². The van der Waals surface area contributed by atoms with Crippen molar-refractivity contribution in [1.82, 2.24) is 15.5 Å². The summed E-state index contributed by atoms with van der Waals surface area (Å²) in [5, 5.41) is 11.4. The maximum absolute atomic E-state index is 12.0. The monoisotopic (exact) mass is 331 g/mol. The number of amides is 1. The molecule has 4 nitrogen and oxygen atoms in total. The molecular weight excluding hydrogens is 310 g/mol. The molecule has 1 aliphatic rings. The Hall–Kier alpha value is -0.270. The van der Waals surface area contributed by atoms with E-state index in [1.807, 2.05) is 0 Å². The van der Waals surface area contributed by atoms with Gasteiger partial charge in [-0.1, -0.05) is 61.5 Å². The average molecular weight is 332 g/mol. The van der Waals surface area contributed by atoms with Gasteiger partial charge in [-0.2, -0.15) is 0 Å². The molecule has 1 fully saturated rings. The van der Waals surface area contributed by atoms with Gasteiger partial charge in [0.05, 0.1) is 5.75 Å². The molecule has 1 heterocycles. The van der Waals surface area contributed by atoms with Crippen LogP contribution in [0.3, 0.4) is 0 Å². The normalized spacial score (nSPS) is 22.7. The van der Waals surface area contributed by atoms with Crippen LogP contribution >= 0.6 is 34.9 Å². The van der Waals surface area contributed by atoms with Crippen molar-refractivity contribution in [2.24, 2.45) is 5.92 Å². The molecule has 112 valence electrons. The van der Waals surface area contributed by atoms with E-state index >= 15 is 0 Å². The van der Waals surface area contributed by atoms with Crippen molar-refractivity contribution in [3.05, 3.63) is 0 Å². The lowest BCUT2D eigenvalue weighted by Gasteiger charge is -2.29. The van der Waals surface area contributed by atoms with Gasteiger partial charge in [0.2, 0.25) is 5.91 Å². The van der Waals surface area contributed by atoms with E-state index in [1.165, 1.54) is 31.0 Å². The quantitative estimate of drug-likeness (QED) is 0.809. The highest BCUT2D eigenvalue weighted by Crippen LogP contribution is 2.28. The molecule has 1 amide bonds. The van der Waals surface area contributed by atoms with Gasteiger partial charge in [-0.15, -0.1) is 10.2 Å². The molecular formula is C13H21N3OS3. The minimum Gasteiger partial charge on any atom is -0.352 e. The van der Waals surface area contributed by atoms with E-state index in [9.17, 15) is 4.79 Å². The predicted molar refractivity (Wildman–Crippen MR) is 86.6 cm³/mol. The Morgan fingerprint density at radius 3 is 2.70 bits per heavy atom. The van der Waals surface area contributed by atoms with E-state index in [1.54, 1.807) is 23.1 Å². The summed E-state index contributed by atoms with van der Waals surface area (Å²) in [4.78, 5) is 12.0. The summed E-state index contributed by atoms with van der Waals surface area (Å²) >= 11 is 4.74. The first-order valence-corrected chi connectivity index (χ1v) is 9.86. The molecule has 1 aromatic heterocycles. The predicted octanol–water partition coefficient (Wildman–Crippen LogP) is 3.44. The summed E-state index contributed by atoms with van der Waals surface area (Å²) in [5.74, 6) is 2.16. The highest BCUT2D eigenvalue weighted by Gasteiger charge is 2.22. The Morgan fingerprint density at radius 1 is 1.30 bits per heavy atom. The maximum Gasteiger partial charge on any atom is 0.230 e. The van der Waals surface area contributed by atoms with Crippen molar-refractivity contribution in [2.45, 2.75) is 54.3 Å². The first-order chi connectivity index (χ1) is 9.69. The smallest absolute Gasteiger partial charge is 0.230 e. The Labute approximate surface area is 132 Å². The summed E-state index contributed by atoms with van der Waals surface area (Å²) in [7, 11) is 0. The van der Waals surface area contributed by atoms with Crippen LogP contribution in [0.5, 0.6) is 0 Å². The Bertz CT molecular complexity index is 438. The topological polar surface area (TPSA) is 54.9 Å². The van der Waals surface area contributed by atoms with Crippen molar-refractivity contribution in [1.29, 1.82) is 0 Å². The Balaban J connectivity index is 1.73. The molecule has 2 rings (SSSR count). The molecule has 0 unspecified atom stereocenters. The van der Waals surface area contributed by atoms with Gasteiger partial charge in [-0.05, 0) is 24.5 Å². The lowest BCUT2D eigenvalue weighted by Crippen LogP contribution is -2.41. The lowest BCUT2D eigenvalue weighted by atomic mass is 9.86. The van der Waals surface area contributed by atoms with Crippen LogP contribution in [0.15, 0.2) is 8.68 Å². The van der Waals surface area contributed by atoms with Gasteiger partial charge in [0, 0.05) is 6.04 Å². The summed E-state index contributed by atoms with van der Waals surface area (Å²) in [6, 6.07) is 0.359. The molecule has 0 aromatic carbocycles. The number of thioether (sulfide) groups is 2. The van der Waals surface area contributed by atoms with Gasteiger partial charge < -0.3 is 5.32 Å². The molecule has 1 aromatic rings. The number of carbonyl (C=O) groups is 1. The van der Waals surface area contributed by atoms with Crippen LogP contribution in [0.2, 0.25) is 0 Å². The van der Waals surface area contributed by atoms with Gasteiger partial charge in [0.1, 0.15) is 0 Å². The van der Waals surface area contributed by atoms with E-state index in [4.69, 9.17) is 0 Å². The second kappa shape index (κ2) is 8.24. The Morgan fingerprint density at radius 2 is 2.00 bits per heavy atom. The second-order valence-corrected chi connectivity index (χ2v) is 8.70. The minimum absolute atomic E-state index is 0.119. The summed E-state index contributed by atoms with van der Waals surface area (Å²) < 4.78 is 1.86. The number of nitrogens with zero attached hydrogens (tertiary/aromatic N) is 2. The first kappa shape index (κ1) is 16.1. The third kappa shape index (κ3) is 4.93. The summed E-state index contributed by atoms with van der Waals surface area (Å²) in [6.45, 7) is 4.33. The molecule has 1 saturated carbocycles. The van der Waals surface area contributed by atoms with Crippen LogP contribution in [-0.4, -0.2) is 33.7 Å². The number of aromatic nitrogens is 2. The van der Waals surface area contributed by atoms with Crippen LogP contribution in [0, 0.1) is 5.92 Å². The maximum atomic E-state index is 12.0. The fourth-order valence-corrected chi connectivity index (χ4v) is 5.07. The number of nitrogens with one attached hydrogen (secondary N) is 1. The summed E-state index contributed by atoms with van der Waals surface area (Å²) in [6.07, 6.45) is 4.88. The van der Waals surface area contributed by atoms with E-state index in [-0.39, 0.29) is 5.91 Å². The van der Waals surface area contributed by atoms with Gasteiger partial charge >= 0.3 is 0 Å². The fourth-order valence-electron chi connectivity index (χ4n) is 2.34. The Kier molecular flexibility index (Phi) is 6.64. The highest BCUT2D eigenvalue weighted by molar-refractivity contribution is 8.03. The van der Waals surface area contributed by atoms with Crippen LogP contribution in [-0.2, 0) is 4.79 Å². The van der Waals surface area contributed by atoms with Crippen molar-refractivity contribution < 1.29 is 4.79 Å². The first-order valence-electron chi connectivity index (χ1n) is 7.07. The van der Waals surface area contributed by atoms with E-state index in [2.05, 4.69) is 29.4 Å². The van der Waals surface area contributed by atoms with Crippen LogP contribution in [0.4, 0.5) is 0 Å². The molecule has 2 atom stereocenters. The standard InChI is InChI=1S/C13H21N3OS3/c1-3-18-12-15-16-13(20-12)19-8-11(17)14-10-7-5-4-6-9(10)2/h9-10H,3-8H2,1-2H3,(H,14,17)/t9-,10+/m1/s1. The zero-order valence-electron chi connectivity index (χ0n) is 11.9. The third-order valence-electron chi connectivity index (χ3n) is 3.44. The number of carbonyl (C=O) groups excluding carboxylic acids is 1. The molecule has 1 N–H and O–H groups in total. The molecule has 1 aliphatic carbocycles. The third-order valence-corrected chi connectivity index (χ3v) is 6.51. The minimum atomic E-state index is 0.119. The molecule has 0 aliphatic heterocycles. The van der Waals surface area contributed by atoms with Gasteiger partial charge in [-0.3, -0.25) is 4.79 Å². The molecule has 7 heteroatoms. The number of rotatable bonds is 6.